The van der Waals surface area contributed by atoms with Crippen molar-refractivity contribution in [2.45, 2.75) is 0 Å². The second-order valence-corrected chi connectivity index (χ2v) is 10.1. The molecule has 0 rings (SSSR count). The van der Waals surface area contributed by atoms with Gasteiger partial charge >= 0.3 is 0 Å². The van der Waals surface area contributed by atoms with Gasteiger partial charge in [-0.1, -0.05) is 12.2 Å². The minimum absolute atomic E-state index is 0. The topological polar surface area (TPSA) is 145 Å². The molecule has 5 nitrogen and oxygen atoms in total. The van der Waals surface area contributed by atoms with E-state index in [0.29, 0.717) is 0 Å². The number of rotatable bonds is 0. The molecule has 0 unspecified atom stereocenters. The van der Waals surface area contributed by atoms with Crippen molar-refractivity contribution in [3.8, 4) is 0 Å². The molecule has 70 valence electrons. The third-order valence-electron chi connectivity index (χ3n) is 0.490. The second-order valence-electron chi connectivity index (χ2n) is 1.29. The zero-order valence-electron chi connectivity index (χ0n) is 6.32. The highest BCUT2D eigenvalue weighted by atomic mass is 32.9. The van der Waals surface area contributed by atoms with E-state index in [2.05, 4.69) is 12.2 Å². The summed E-state index contributed by atoms with van der Waals surface area (Å²) in [4.78, 5) is 17.3. The molecule has 8 heteroatoms. The predicted molar refractivity (Wildman–Crippen MR) is 54.6 cm³/mol. The molecule has 11 N–H and O–H groups in total. The maximum atomic E-state index is 8.64. The van der Waals surface area contributed by atoms with Crippen LogP contribution in [0.3, 0.4) is 0 Å². The SMILES string of the molecule is CS(C)=P(O)(O)S.N.N.N. The lowest BCUT2D eigenvalue weighted by atomic mass is 11.9. The van der Waals surface area contributed by atoms with Crippen molar-refractivity contribution < 1.29 is 9.79 Å². The highest BCUT2D eigenvalue weighted by molar-refractivity contribution is 8.65. The van der Waals surface area contributed by atoms with Gasteiger partial charge in [0.05, 0.1) is 0 Å². The van der Waals surface area contributed by atoms with Gasteiger partial charge in [0.25, 0.3) is 0 Å². The summed E-state index contributed by atoms with van der Waals surface area (Å²) in [5.74, 6) is 0. The Morgan fingerprint density at radius 3 is 1.20 bits per heavy atom. The van der Waals surface area contributed by atoms with Crippen LogP contribution in [0.4, 0.5) is 0 Å². The monoisotopic (exact) mass is 211 g/mol. The molecule has 0 atom stereocenters. The molecule has 0 amide bonds. The fourth-order valence-electron chi connectivity index (χ4n) is 0. The fraction of sp³-hybridized carbons (Fsp3) is 1.00. The minimum Gasteiger partial charge on any atom is -0.344 e. The summed E-state index contributed by atoms with van der Waals surface area (Å²) in [6.07, 6.45) is 3.50. The van der Waals surface area contributed by atoms with Gasteiger partial charge in [0, 0.05) is 0 Å². The van der Waals surface area contributed by atoms with Crippen LogP contribution in [0.1, 0.15) is 0 Å². The predicted octanol–water partition coefficient (Wildman–Crippen LogP) is 0.942. The second kappa shape index (κ2) is 8.03. The highest BCUT2D eigenvalue weighted by Gasteiger charge is 1.99. The molecule has 0 aromatic heterocycles. The number of thiol groups is 1. The van der Waals surface area contributed by atoms with Gasteiger partial charge in [0.2, 0.25) is 0 Å². The Morgan fingerprint density at radius 1 is 1.10 bits per heavy atom. The first-order valence-corrected chi connectivity index (χ1v) is 7.09. The summed E-state index contributed by atoms with van der Waals surface area (Å²) in [6.45, 7) is 0. The van der Waals surface area contributed by atoms with Gasteiger partial charge in [0.15, 0.2) is 5.69 Å². The van der Waals surface area contributed by atoms with Crippen LogP contribution in [0.25, 0.3) is 0 Å². The molecule has 0 bridgehead atoms. The van der Waals surface area contributed by atoms with E-state index in [9.17, 15) is 0 Å². The van der Waals surface area contributed by atoms with Crippen molar-refractivity contribution in [3.05, 3.63) is 0 Å². The highest BCUT2D eigenvalue weighted by Crippen LogP contribution is 2.45. The van der Waals surface area contributed by atoms with Crippen molar-refractivity contribution in [2.24, 2.45) is 0 Å². The molecular weight excluding hydrogens is 193 g/mol. The maximum Gasteiger partial charge on any atom is 0.198 e. The first-order chi connectivity index (χ1) is 2.94. The number of hydrogen-bond donors (Lipinski definition) is 6. The minimum atomic E-state index is -2.77. The van der Waals surface area contributed by atoms with Crippen LogP contribution in [0.5, 0.6) is 0 Å². The summed E-state index contributed by atoms with van der Waals surface area (Å²) < 4.78 is 0. The molecular formula is C2H18N3O2PS2. The van der Waals surface area contributed by atoms with E-state index in [1.165, 1.54) is 0 Å². The van der Waals surface area contributed by atoms with E-state index in [4.69, 9.17) is 9.79 Å². The fourth-order valence-corrected chi connectivity index (χ4v) is 0. The molecule has 10 heavy (non-hydrogen) atoms. The molecule has 0 saturated heterocycles. The molecule has 0 aromatic carbocycles. The zero-order valence-corrected chi connectivity index (χ0v) is 8.92. The molecule has 0 aliphatic rings. The van der Waals surface area contributed by atoms with Crippen LogP contribution in [0.15, 0.2) is 0 Å². The van der Waals surface area contributed by atoms with E-state index in [1.54, 1.807) is 12.5 Å². The molecule has 0 spiro atoms. The van der Waals surface area contributed by atoms with Gasteiger partial charge in [-0.05, 0) is 12.5 Å². The summed E-state index contributed by atoms with van der Waals surface area (Å²) in [6, 6.07) is 0. The molecule has 0 saturated carbocycles. The first kappa shape index (κ1) is 22.4. The molecule has 0 fully saturated rings. The van der Waals surface area contributed by atoms with E-state index in [-0.39, 0.29) is 28.5 Å². The quantitative estimate of drug-likeness (QED) is 0.261. The Bertz CT molecular complexity index is 111. The van der Waals surface area contributed by atoms with E-state index in [0.717, 1.165) is 0 Å². The standard InChI is InChI=1S/C2H9O2PS2.3H3N/c1-7(2)5(3,4)6;;;/h3-4,6H,1-2H3;3*1H3. The van der Waals surface area contributed by atoms with Gasteiger partial charge in [-0.25, -0.2) is 0 Å². The van der Waals surface area contributed by atoms with Gasteiger partial charge < -0.3 is 28.2 Å². The van der Waals surface area contributed by atoms with Crippen LogP contribution in [-0.2, 0) is 10.1 Å². The molecule has 0 heterocycles. The summed E-state index contributed by atoms with van der Waals surface area (Å²) >= 11 is 3.58. The Labute approximate surface area is 69.2 Å². The summed E-state index contributed by atoms with van der Waals surface area (Å²) in [5.41, 5.74) is -2.77. The Morgan fingerprint density at radius 2 is 1.20 bits per heavy atom. The molecule has 0 radical (unpaired) electrons. The molecule has 0 aliphatic carbocycles. The summed E-state index contributed by atoms with van der Waals surface area (Å²) in [5, 5.41) is 0. The average Bonchev–Trinajstić information content (AvgIpc) is 1.31. The smallest absolute Gasteiger partial charge is 0.198 e. The van der Waals surface area contributed by atoms with Crippen LogP contribution in [-0.4, -0.2) is 22.3 Å². The third kappa shape index (κ3) is 11.7. The Kier molecular flexibility index (Phi) is 18.0. The van der Waals surface area contributed by atoms with Crippen LogP contribution in [0.2, 0.25) is 0 Å². The van der Waals surface area contributed by atoms with Crippen LogP contribution in [0, 0.1) is 0 Å². The summed E-state index contributed by atoms with van der Waals surface area (Å²) in [7, 11) is -0.346. The Balaban J connectivity index is -0.0000000600. The van der Waals surface area contributed by atoms with E-state index in [1.807, 2.05) is 0 Å². The maximum absolute atomic E-state index is 8.64. The average molecular weight is 211 g/mol. The zero-order chi connectivity index (χ0) is 6.08. The molecule has 0 aliphatic heterocycles. The lowest BCUT2D eigenvalue weighted by Gasteiger charge is -2.04. The lowest BCUT2D eigenvalue weighted by molar-refractivity contribution is 0.502. The van der Waals surface area contributed by atoms with Gasteiger partial charge in [-0.15, -0.1) is 10.1 Å². The van der Waals surface area contributed by atoms with Gasteiger partial charge in [-0.3, -0.25) is 0 Å². The van der Waals surface area contributed by atoms with Crippen molar-refractivity contribution >= 4 is 28.0 Å². The van der Waals surface area contributed by atoms with Crippen molar-refractivity contribution in [1.29, 1.82) is 0 Å². The third-order valence-corrected chi connectivity index (χ3v) is 7.35. The van der Waals surface area contributed by atoms with Gasteiger partial charge in [0.1, 0.15) is 0 Å². The van der Waals surface area contributed by atoms with Crippen molar-refractivity contribution in [2.75, 3.05) is 12.5 Å². The first-order valence-electron chi connectivity index (χ1n) is 1.60. The Hall–Kier alpha value is 0.930. The largest absolute Gasteiger partial charge is 0.344 e. The van der Waals surface area contributed by atoms with Crippen molar-refractivity contribution in [1.82, 2.24) is 18.5 Å². The normalized spacial score (nSPS) is 9.00. The van der Waals surface area contributed by atoms with E-state index >= 15 is 0 Å². The lowest BCUT2D eigenvalue weighted by Crippen LogP contribution is -1.80. The van der Waals surface area contributed by atoms with Crippen LogP contribution >= 0.6 is 17.9 Å². The van der Waals surface area contributed by atoms with E-state index < -0.39 is 5.69 Å². The van der Waals surface area contributed by atoms with Crippen LogP contribution < -0.4 is 18.5 Å². The van der Waals surface area contributed by atoms with Gasteiger partial charge in [-0.2, -0.15) is 0 Å². The number of hydrogen-bond acceptors (Lipinski definition) is 3. The van der Waals surface area contributed by atoms with Crippen molar-refractivity contribution in [3.63, 3.8) is 0 Å². The molecule has 0 aromatic rings.